The van der Waals surface area contributed by atoms with Crippen molar-refractivity contribution in [1.82, 2.24) is 15.2 Å². The molecule has 1 aromatic heterocycles. The normalized spacial score (nSPS) is 16.7. The average molecular weight is 284 g/mol. The minimum atomic E-state index is -0.00817. The van der Waals surface area contributed by atoms with Crippen molar-refractivity contribution in [3.05, 3.63) is 52.8 Å². The highest BCUT2D eigenvalue weighted by atomic mass is 15.3. The molecule has 3 N–H and O–H groups in total. The van der Waals surface area contributed by atoms with Gasteiger partial charge in [0.1, 0.15) is 0 Å². The van der Waals surface area contributed by atoms with Crippen molar-refractivity contribution in [2.75, 3.05) is 0 Å². The molecule has 4 heteroatoms. The van der Waals surface area contributed by atoms with Crippen LogP contribution in [0, 0.1) is 6.92 Å². The summed E-state index contributed by atoms with van der Waals surface area (Å²) in [5.74, 6) is 6.59. The molecular weight excluding hydrogens is 260 g/mol. The van der Waals surface area contributed by atoms with E-state index in [1.165, 1.54) is 30.4 Å². The Morgan fingerprint density at radius 3 is 2.81 bits per heavy atom. The molecule has 1 aliphatic rings. The highest BCUT2D eigenvalue weighted by molar-refractivity contribution is 5.34. The van der Waals surface area contributed by atoms with Gasteiger partial charge in [-0.3, -0.25) is 10.5 Å². The molecule has 0 saturated heterocycles. The molecule has 1 fully saturated rings. The van der Waals surface area contributed by atoms with E-state index in [1.807, 2.05) is 11.6 Å². The minimum Gasteiger partial charge on any atom is -0.271 e. The summed E-state index contributed by atoms with van der Waals surface area (Å²) in [6, 6.07) is 10.9. The van der Waals surface area contributed by atoms with Crippen molar-refractivity contribution in [2.45, 2.75) is 51.6 Å². The van der Waals surface area contributed by atoms with Crippen LogP contribution in [0.3, 0.4) is 0 Å². The first kappa shape index (κ1) is 14.3. The number of nitrogens with one attached hydrogen (secondary N) is 1. The molecule has 1 aliphatic carbocycles. The molecule has 1 saturated carbocycles. The molecule has 0 radical (unpaired) electrons. The first-order valence-corrected chi connectivity index (χ1v) is 7.83. The Labute approximate surface area is 126 Å². The Morgan fingerprint density at radius 1 is 1.38 bits per heavy atom. The molecule has 0 bridgehead atoms. The molecule has 0 spiro atoms. The summed E-state index contributed by atoms with van der Waals surface area (Å²) < 4.78 is 2.02. The van der Waals surface area contributed by atoms with Crippen molar-refractivity contribution in [1.29, 1.82) is 0 Å². The zero-order valence-corrected chi connectivity index (χ0v) is 12.8. The Hall–Kier alpha value is -1.65. The third-order valence-corrected chi connectivity index (χ3v) is 4.52. The van der Waals surface area contributed by atoms with E-state index in [0.29, 0.717) is 0 Å². The summed E-state index contributed by atoms with van der Waals surface area (Å²) in [7, 11) is 0. The van der Waals surface area contributed by atoms with Crippen LogP contribution < -0.4 is 11.3 Å². The van der Waals surface area contributed by atoms with Gasteiger partial charge in [0.2, 0.25) is 0 Å². The first-order chi connectivity index (χ1) is 10.2. The van der Waals surface area contributed by atoms with Crippen LogP contribution in [-0.4, -0.2) is 9.78 Å². The quantitative estimate of drug-likeness (QED) is 0.655. The maximum absolute atomic E-state index is 5.85. The lowest BCUT2D eigenvalue weighted by molar-refractivity contribution is 0.419. The van der Waals surface area contributed by atoms with E-state index in [-0.39, 0.29) is 6.04 Å². The van der Waals surface area contributed by atoms with Gasteiger partial charge >= 0.3 is 0 Å². The predicted molar refractivity (Wildman–Crippen MR) is 84.8 cm³/mol. The van der Waals surface area contributed by atoms with Crippen molar-refractivity contribution in [3.63, 3.8) is 0 Å². The summed E-state index contributed by atoms with van der Waals surface area (Å²) in [6.45, 7) is 4.98. The van der Waals surface area contributed by atoms with Gasteiger partial charge in [0.15, 0.2) is 0 Å². The van der Waals surface area contributed by atoms with E-state index in [1.54, 1.807) is 0 Å². The van der Waals surface area contributed by atoms with Gasteiger partial charge in [-0.15, -0.1) is 0 Å². The molecule has 4 nitrogen and oxygen atoms in total. The second-order valence-corrected chi connectivity index (χ2v) is 5.92. The summed E-state index contributed by atoms with van der Waals surface area (Å²) in [4.78, 5) is 0. The predicted octanol–water partition coefficient (Wildman–Crippen LogP) is 3.03. The molecule has 21 heavy (non-hydrogen) atoms. The van der Waals surface area contributed by atoms with Crippen LogP contribution in [0.4, 0.5) is 0 Å². The molecule has 1 unspecified atom stereocenters. The minimum absolute atomic E-state index is 0.00817. The van der Waals surface area contributed by atoms with Crippen LogP contribution in [0.15, 0.2) is 30.3 Å². The third kappa shape index (κ3) is 2.74. The highest BCUT2D eigenvalue weighted by Crippen LogP contribution is 2.37. The van der Waals surface area contributed by atoms with Gasteiger partial charge in [-0.2, -0.15) is 5.10 Å². The number of aromatic nitrogens is 2. The average Bonchev–Trinajstić information content (AvgIpc) is 2.79. The fraction of sp³-hybridized carbons (Fsp3) is 0.471. The van der Waals surface area contributed by atoms with Gasteiger partial charge in [-0.25, -0.2) is 5.43 Å². The van der Waals surface area contributed by atoms with Crippen LogP contribution >= 0.6 is 0 Å². The highest BCUT2D eigenvalue weighted by Gasteiger charge is 2.22. The van der Waals surface area contributed by atoms with Gasteiger partial charge in [0.25, 0.3) is 0 Å². The van der Waals surface area contributed by atoms with Crippen molar-refractivity contribution < 1.29 is 0 Å². The maximum atomic E-state index is 5.85. The van der Waals surface area contributed by atoms with Crippen LogP contribution in [0.2, 0.25) is 0 Å². The number of aryl methyl sites for hydroxylation is 2. The maximum Gasteiger partial charge on any atom is 0.0878 e. The molecule has 0 aliphatic heterocycles. The lowest BCUT2D eigenvalue weighted by atomic mass is 9.79. The number of hydrogen-bond donors (Lipinski definition) is 2. The van der Waals surface area contributed by atoms with Crippen LogP contribution in [0.5, 0.6) is 0 Å². The standard InChI is InChI=1S/C17H24N4/c1-3-21-16(10-12(2)20-21)17(19-18)15-9-5-8-14(11-15)13-6-4-7-13/h5,8-11,13,17,19H,3-4,6-7,18H2,1-2H3. The van der Waals surface area contributed by atoms with Gasteiger partial charge in [0, 0.05) is 6.54 Å². The van der Waals surface area contributed by atoms with Gasteiger partial charge in [0.05, 0.1) is 17.4 Å². The van der Waals surface area contributed by atoms with Crippen LogP contribution in [0.1, 0.15) is 60.7 Å². The van der Waals surface area contributed by atoms with E-state index in [0.717, 1.165) is 23.9 Å². The van der Waals surface area contributed by atoms with Gasteiger partial charge in [-0.05, 0) is 49.8 Å². The Balaban J connectivity index is 1.95. The molecule has 0 amide bonds. The lowest BCUT2D eigenvalue weighted by Crippen LogP contribution is -2.30. The number of benzene rings is 1. The number of hydrazine groups is 1. The van der Waals surface area contributed by atoms with E-state index < -0.39 is 0 Å². The monoisotopic (exact) mass is 284 g/mol. The lowest BCUT2D eigenvalue weighted by Gasteiger charge is -2.27. The number of rotatable bonds is 5. The fourth-order valence-corrected chi connectivity index (χ4v) is 3.14. The van der Waals surface area contributed by atoms with Crippen molar-refractivity contribution in [2.24, 2.45) is 5.84 Å². The second kappa shape index (κ2) is 6.00. The number of hydrogen-bond acceptors (Lipinski definition) is 3. The van der Waals surface area contributed by atoms with E-state index in [2.05, 4.69) is 47.8 Å². The number of nitrogens with two attached hydrogens (primary N) is 1. The summed E-state index contributed by atoms with van der Waals surface area (Å²) in [6.07, 6.45) is 3.99. The Morgan fingerprint density at radius 2 is 2.19 bits per heavy atom. The van der Waals surface area contributed by atoms with Gasteiger partial charge < -0.3 is 0 Å². The molecule has 1 aromatic carbocycles. The first-order valence-electron chi connectivity index (χ1n) is 7.83. The van der Waals surface area contributed by atoms with E-state index in [9.17, 15) is 0 Å². The fourth-order valence-electron chi connectivity index (χ4n) is 3.14. The molecule has 112 valence electrons. The Kier molecular flexibility index (Phi) is 4.08. The van der Waals surface area contributed by atoms with Crippen LogP contribution in [-0.2, 0) is 6.54 Å². The zero-order valence-electron chi connectivity index (χ0n) is 12.8. The largest absolute Gasteiger partial charge is 0.271 e. The summed E-state index contributed by atoms with van der Waals surface area (Å²) in [5.41, 5.74) is 7.78. The second-order valence-electron chi connectivity index (χ2n) is 5.92. The van der Waals surface area contributed by atoms with E-state index >= 15 is 0 Å². The molecule has 1 heterocycles. The zero-order chi connectivity index (χ0) is 14.8. The molecular formula is C17H24N4. The van der Waals surface area contributed by atoms with Crippen molar-refractivity contribution in [3.8, 4) is 0 Å². The van der Waals surface area contributed by atoms with Crippen molar-refractivity contribution >= 4 is 0 Å². The third-order valence-electron chi connectivity index (χ3n) is 4.52. The molecule has 2 aromatic rings. The SMILES string of the molecule is CCn1nc(C)cc1C(NN)c1cccc(C2CCC2)c1. The van der Waals surface area contributed by atoms with E-state index in [4.69, 9.17) is 5.84 Å². The topological polar surface area (TPSA) is 55.9 Å². The summed E-state index contributed by atoms with van der Waals surface area (Å²) in [5, 5.41) is 4.53. The number of nitrogens with zero attached hydrogens (tertiary/aromatic N) is 2. The summed E-state index contributed by atoms with van der Waals surface area (Å²) >= 11 is 0. The van der Waals surface area contributed by atoms with Crippen LogP contribution in [0.25, 0.3) is 0 Å². The molecule has 1 atom stereocenters. The molecule has 3 rings (SSSR count). The van der Waals surface area contributed by atoms with Gasteiger partial charge in [-0.1, -0.05) is 30.7 Å². The smallest absolute Gasteiger partial charge is 0.0878 e. The Bertz CT molecular complexity index is 613.